The van der Waals surface area contributed by atoms with Crippen molar-refractivity contribution in [2.45, 2.75) is 19.3 Å². The molecule has 1 aliphatic heterocycles. The summed E-state index contributed by atoms with van der Waals surface area (Å²) in [6.45, 7) is 4.65. The molecule has 0 bridgehead atoms. The summed E-state index contributed by atoms with van der Waals surface area (Å²) < 4.78 is 6.64. The Kier molecular flexibility index (Phi) is 6.10. The fraction of sp³-hybridized carbons (Fsp3) is 0.133. The number of anilines is 1. The van der Waals surface area contributed by atoms with Crippen molar-refractivity contribution in [2.24, 2.45) is 4.74 Å². The number of allylic oxidation sites excluding steroid dienone is 1. The molecule has 0 saturated heterocycles. The van der Waals surface area contributed by atoms with Gasteiger partial charge in [-0.3, -0.25) is 4.74 Å². The van der Waals surface area contributed by atoms with Crippen molar-refractivity contribution in [3.63, 3.8) is 0 Å². The van der Waals surface area contributed by atoms with Crippen LogP contribution in [0.15, 0.2) is 130 Å². The van der Waals surface area contributed by atoms with E-state index in [2.05, 4.69) is 157 Å². The average Bonchev–Trinajstić information content (AvgIpc) is 3.06. The van der Waals surface area contributed by atoms with Gasteiger partial charge in [-0.25, -0.2) is 0 Å². The largest absolute Gasteiger partial charge is 0.347 e. The molecule has 5 rings (SSSR count). The Morgan fingerprint density at radius 3 is 1.82 bits per heavy atom. The highest BCUT2D eigenvalue weighted by Gasteiger charge is 2.40. The van der Waals surface area contributed by atoms with Crippen LogP contribution in [-0.2, 0) is 5.41 Å². The molecule has 4 aromatic rings. The van der Waals surface area contributed by atoms with Gasteiger partial charge in [-0.2, -0.15) is 0 Å². The molecule has 0 radical (unpaired) electrons. The van der Waals surface area contributed by atoms with E-state index in [1.54, 1.807) is 0 Å². The van der Waals surface area contributed by atoms with Gasteiger partial charge in [0.05, 0.1) is 12.7 Å². The number of nitrogens with zero attached hydrogens (tertiary/aromatic N) is 2. The number of hydrogen-bond donors (Lipinski definition) is 0. The number of halogens is 1. The first-order chi connectivity index (χ1) is 16.4. The summed E-state index contributed by atoms with van der Waals surface area (Å²) in [5.74, 6) is 2.49. The van der Waals surface area contributed by atoms with Gasteiger partial charge in [0.25, 0.3) is 0 Å². The van der Waals surface area contributed by atoms with Gasteiger partial charge in [0.15, 0.2) is 0 Å². The summed E-state index contributed by atoms with van der Waals surface area (Å²) in [7, 11) is -0.143. The number of fused-ring (bicyclic) bond motifs is 1. The van der Waals surface area contributed by atoms with Crippen molar-refractivity contribution in [1.82, 2.24) is 0 Å². The molecule has 1 heterocycles. The summed E-state index contributed by atoms with van der Waals surface area (Å²) in [5.41, 5.74) is 4.76. The second-order valence-electron chi connectivity index (χ2n) is 9.15. The normalized spacial score (nSPS) is 15.9. The van der Waals surface area contributed by atoms with E-state index in [0.29, 0.717) is 0 Å². The zero-order valence-corrected chi connectivity index (χ0v) is 22.2. The molecule has 170 valence electrons. The van der Waals surface area contributed by atoms with Crippen LogP contribution in [0.25, 0.3) is 0 Å². The quantitative estimate of drug-likeness (QED) is 0.244. The summed E-state index contributed by atoms with van der Waals surface area (Å²) in [6, 6.07) is 38.7. The highest BCUT2D eigenvalue weighted by molar-refractivity contribution is 9.10. The van der Waals surface area contributed by atoms with Crippen molar-refractivity contribution in [3.05, 3.63) is 131 Å². The van der Waals surface area contributed by atoms with E-state index in [1.165, 1.54) is 27.6 Å². The number of rotatable bonds is 4. The molecule has 4 aromatic carbocycles. The average molecular weight is 527 g/mol. The van der Waals surface area contributed by atoms with E-state index in [4.69, 9.17) is 4.74 Å². The third kappa shape index (κ3) is 3.98. The maximum absolute atomic E-state index is 5.59. The van der Waals surface area contributed by atoms with Gasteiger partial charge in [0.1, 0.15) is 0 Å². The lowest BCUT2D eigenvalue weighted by Crippen LogP contribution is -2.25. The number of benzene rings is 4. The highest BCUT2D eigenvalue weighted by Crippen LogP contribution is 2.57. The molecule has 0 amide bonds. The lowest BCUT2D eigenvalue weighted by atomic mass is 9.84. The van der Waals surface area contributed by atoms with Gasteiger partial charge < -0.3 is 4.90 Å². The number of likely N-dealkylation sites (N-methyl/N-ethyl adjacent to an activating group) is 1. The fourth-order valence-corrected chi connectivity index (χ4v) is 8.60. The molecule has 34 heavy (non-hydrogen) atoms. The summed E-state index contributed by atoms with van der Waals surface area (Å²) in [4.78, 5) is 2.35. The van der Waals surface area contributed by atoms with E-state index in [-0.39, 0.29) is 5.41 Å². The highest BCUT2D eigenvalue weighted by atomic mass is 79.9. The van der Waals surface area contributed by atoms with E-state index in [1.807, 2.05) is 0 Å². The van der Waals surface area contributed by atoms with E-state index < -0.39 is 7.05 Å². The van der Waals surface area contributed by atoms with E-state index >= 15 is 0 Å². The Hall–Kier alpha value is -2.87. The number of hydrogen-bond acceptors (Lipinski definition) is 2. The molecule has 0 fully saturated rings. The van der Waals surface area contributed by atoms with Crippen LogP contribution in [-0.4, -0.2) is 7.05 Å². The van der Waals surface area contributed by atoms with Crippen LogP contribution >= 0.6 is 23.0 Å². The molecule has 0 unspecified atom stereocenters. The number of para-hydroxylation sites is 1. The topological polar surface area (TPSA) is 15.6 Å². The smallest absolute Gasteiger partial charge is 0.0625 e. The molecule has 0 aliphatic carbocycles. The van der Waals surface area contributed by atoms with Crippen molar-refractivity contribution < 1.29 is 0 Å². The minimum Gasteiger partial charge on any atom is -0.347 e. The Labute approximate surface area is 211 Å². The summed E-state index contributed by atoms with van der Waals surface area (Å²) in [6.07, 6.45) is 0. The van der Waals surface area contributed by atoms with Crippen LogP contribution in [0.3, 0.4) is 0 Å². The predicted molar refractivity (Wildman–Crippen MR) is 151 cm³/mol. The monoisotopic (exact) mass is 526 g/mol. The van der Waals surface area contributed by atoms with E-state index in [9.17, 15) is 0 Å². The molecule has 1 aliphatic rings. The van der Waals surface area contributed by atoms with Gasteiger partial charge in [-0.15, -0.1) is 0 Å². The van der Waals surface area contributed by atoms with E-state index in [0.717, 1.165) is 10.2 Å². The lowest BCUT2D eigenvalue weighted by molar-refractivity contribution is 0.641. The van der Waals surface area contributed by atoms with Gasteiger partial charge in [-0.1, -0.05) is 109 Å². The third-order valence-electron chi connectivity index (χ3n) is 6.65. The third-order valence-corrected chi connectivity index (χ3v) is 10.5. The minimum absolute atomic E-state index is 0.130. The summed E-state index contributed by atoms with van der Waals surface area (Å²) >= 11 is 3.57. The van der Waals surface area contributed by atoms with Crippen molar-refractivity contribution in [2.75, 3.05) is 11.9 Å². The first-order valence-electron chi connectivity index (χ1n) is 11.5. The molecular weight excluding hydrogens is 499 g/mol. The molecule has 0 atom stereocenters. The van der Waals surface area contributed by atoms with Crippen LogP contribution < -0.4 is 15.5 Å². The first kappa shape index (κ1) is 22.9. The SMILES string of the molecule is CN1C(=CP(=Nc2ccc(Br)cc2)(c2ccccc2)c2ccccc2)C(C)(C)c2ccccc21. The van der Waals surface area contributed by atoms with Crippen molar-refractivity contribution in [3.8, 4) is 0 Å². The zero-order valence-electron chi connectivity index (χ0n) is 19.7. The maximum atomic E-state index is 5.59. The van der Waals surface area contributed by atoms with Gasteiger partial charge in [-0.05, 0) is 41.7 Å². The predicted octanol–water partition coefficient (Wildman–Crippen LogP) is 8.20. The molecule has 4 heteroatoms. The molecular formula is C30H28BrN2P. The van der Waals surface area contributed by atoms with Crippen LogP contribution in [0.1, 0.15) is 19.4 Å². The molecule has 0 N–H and O–H groups in total. The zero-order chi connectivity index (χ0) is 23.8. The Morgan fingerprint density at radius 2 is 1.26 bits per heavy atom. The van der Waals surface area contributed by atoms with Crippen LogP contribution in [0.5, 0.6) is 0 Å². The lowest BCUT2D eigenvalue weighted by Gasteiger charge is -2.30. The standard InChI is InChI=1S/C30H28BrN2P/c1-30(2)27-16-10-11-17-28(27)33(3)29(30)22-34(25-12-6-4-7-13-25,26-14-8-5-9-15-26)32-24-20-18-23(31)19-21-24/h4-22H,1-3H3. The minimum atomic E-state index is -2.33. The van der Waals surface area contributed by atoms with Crippen LogP contribution in [0.2, 0.25) is 0 Å². The van der Waals surface area contributed by atoms with Crippen LogP contribution in [0, 0.1) is 0 Å². The second-order valence-corrected chi connectivity index (χ2v) is 12.9. The Morgan fingerprint density at radius 1 is 0.735 bits per heavy atom. The maximum Gasteiger partial charge on any atom is 0.0625 e. The molecule has 0 aromatic heterocycles. The first-order valence-corrected chi connectivity index (χ1v) is 14.1. The molecule has 2 nitrogen and oxygen atoms in total. The fourth-order valence-electron chi connectivity index (χ4n) is 4.85. The van der Waals surface area contributed by atoms with Gasteiger partial charge in [0.2, 0.25) is 0 Å². The molecule has 0 saturated carbocycles. The Bertz CT molecular complexity index is 1350. The van der Waals surface area contributed by atoms with Crippen molar-refractivity contribution >= 4 is 45.0 Å². The molecule has 0 spiro atoms. The summed E-state index contributed by atoms with van der Waals surface area (Å²) in [5, 5.41) is 2.49. The van der Waals surface area contributed by atoms with Crippen LogP contribution in [0.4, 0.5) is 11.4 Å². The Balaban J connectivity index is 1.86. The van der Waals surface area contributed by atoms with Crippen molar-refractivity contribution in [1.29, 1.82) is 0 Å². The van der Waals surface area contributed by atoms with Gasteiger partial charge >= 0.3 is 0 Å². The second kappa shape index (κ2) is 9.06. The van der Waals surface area contributed by atoms with Gasteiger partial charge in [0, 0.05) is 38.9 Å².